The predicted octanol–water partition coefficient (Wildman–Crippen LogP) is 5.10. The second kappa shape index (κ2) is 8.74. The number of carboxylic acids is 1. The van der Waals surface area contributed by atoms with E-state index in [1.807, 2.05) is 13.8 Å². The van der Waals surface area contributed by atoms with Crippen molar-refractivity contribution in [2.45, 2.75) is 111 Å². The number of carbonyl (C=O) groups is 1. The molecule has 0 aliphatic heterocycles. The first-order valence-corrected chi connectivity index (χ1v) is 13.4. The van der Waals surface area contributed by atoms with Gasteiger partial charge in [-0.05, 0) is 111 Å². The van der Waals surface area contributed by atoms with Crippen molar-refractivity contribution in [3.8, 4) is 0 Å². The summed E-state index contributed by atoms with van der Waals surface area (Å²) in [5.41, 5.74) is 1.66. The number of aliphatic hydroxyl groups is 3. The van der Waals surface area contributed by atoms with Crippen molar-refractivity contribution >= 4 is 5.97 Å². The summed E-state index contributed by atoms with van der Waals surface area (Å²) in [6, 6.07) is 0. The van der Waals surface area contributed by atoms with Gasteiger partial charge in [0.15, 0.2) is 0 Å². The SMILES string of the molecule is CC(C)=CCC/C(C(=O)O)=C1/[C@@H](O)C[C@@]2(C)[C@H]1C[C@@H](O)[C@H]1[C@@]3(C)CC[C@@H](O)[C@@H](C)[C@@H]3CC[C@@]12C. The Kier molecular flexibility index (Phi) is 6.66. The summed E-state index contributed by atoms with van der Waals surface area (Å²) in [4.78, 5) is 12.4. The number of allylic oxidation sites excluding steroid dienone is 2. The van der Waals surface area contributed by atoms with Gasteiger partial charge in [0.25, 0.3) is 0 Å². The lowest BCUT2D eigenvalue weighted by Gasteiger charge is -2.69. The Bertz CT molecular complexity index is 887. The standard InChI is InChI=1S/C29H46O5/c1-16(2)8-7-9-18(26(33)34)24-20-14-22(31)25-27(4)12-11-21(30)17(3)19(27)10-13-28(25,5)29(20,6)15-23(24)32/h8,17,19-23,25,30-32H,7,9-15H2,1-6H3,(H,33,34)/b24-18-/t17-,19-,20-,21+,22+,23-,25-,27-,28-,29-/m0/s1. The molecule has 0 saturated heterocycles. The molecule has 4 aliphatic carbocycles. The first kappa shape index (κ1) is 25.9. The fourth-order valence-corrected chi connectivity index (χ4v) is 9.51. The van der Waals surface area contributed by atoms with Crippen LogP contribution < -0.4 is 0 Å². The molecule has 0 aromatic carbocycles. The van der Waals surface area contributed by atoms with Crippen molar-refractivity contribution in [1.29, 1.82) is 0 Å². The minimum Gasteiger partial charge on any atom is -0.478 e. The Morgan fingerprint density at radius 1 is 1.03 bits per heavy atom. The first-order valence-electron chi connectivity index (χ1n) is 13.4. The number of aliphatic carboxylic acids is 1. The van der Waals surface area contributed by atoms with E-state index in [1.54, 1.807) is 0 Å². The number of rotatable bonds is 4. The highest BCUT2D eigenvalue weighted by Gasteiger charge is 2.70. The van der Waals surface area contributed by atoms with Gasteiger partial charge in [0.1, 0.15) is 0 Å². The maximum atomic E-state index is 12.4. The summed E-state index contributed by atoms with van der Waals surface area (Å²) in [5, 5.41) is 43.8. The zero-order valence-corrected chi connectivity index (χ0v) is 22.0. The lowest BCUT2D eigenvalue weighted by Crippen LogP contribution is -2.65. The van der Waals surface area contributed by atoms with Crippen LogP contribution in [-0.4, -0.2) is 44.7 Å². The molecule has 0 bridgehead atoms. The van der Waals surface area contributed by atoms with E-state index >= 15 is 0 Å². The molecule has 0 unspecified atom stereocenters. The molecule has 0 radical (unpaired) electrons. The van der Waals surface area contributed by atoms with Crippen LogP contribution in [0.5, 0.6) is 0 Å². The van der Waals surface area contributed by atoms with Gasteiger partial charge in [-0.3, -0.25) is 0 Å². The van der Waals surface area contributed by atoms with Gasteiger partial charge >= 0.3 is 5.97 Å². The fourth-order valence-electron chi connectivity index (χ4n) is 9.51. The van der Waals surface area contributed by atoms with Crippen molar-refractivity contribution in [2.75, 3.05) is 0 Å². The van der Waals surface area contributed by atoms with E-state index in [0.29, 0.717) is 42.7 Å². The van der Waals surface area contributed by atoms with Crippen LogP contribution in [0.25, 0.3) is 0 Å². The highest BCUT2D eigenvalue weighted by molar-refractivity contribution is 5.88. The summed E-state index contributed by atoms with van der Waals surface area (Å²) in [7, 11) is 0. The zero-order chi connectivity index (χ0) is 25.2. The molecular weight excluding hydrogens is 428 g/mol. The monoisotopic (exact) mass is 474 g/mol. The van der Waals surface area contributed by atoms with Crippen LogP contribution in [0.15, 0.2) is 22.8 Å². The van der Waals surface area contributed by atoms with Crippen molar-refractivity contribution < 1.29 is 25.2 Å². The molecule has 4 fully saturated rings. The Morgan fingerprint density at radius 2 is 1.71 bits per heavy atom. The second-order valence-electron chi connectivity index (χ2n) is 13.1. The van der Waals surface area contributed by atoms with Gasteiger partial charge in [-0.15, -0.1) is 0 Å². The van der Waals surface area contributed by atoms with Crippen molar-refractivity contribution in [1.82, 2.24) is 0 Å². The largest absolute Gasteiger partial charge is 0.478 e. The molecule has 4 N–H and O–H groups in total. The van der Waals surface area contributed by atoms with Gasteiger partial charge in [0.2, 0.25) is 0 Å². The van der Waals surface area contributed by atoms with E-state index in [0.717, 1.165) is 31.3 Å². The summed E-state index contributed by atoms with van der Waals surface area (Å²) >= 11 is 0. The lowest BCUT2D eigenvalue weighted by molar-refractivity contribution is -0.233. The molecule has 0 heterocycles. The number of fused-ring (bicyclic) bond motifs is 5. The van der Waals surface area contributed by atoms with Gasteiger partial charge in [-0.1, -0.05) is 39.3 Å². The summed E-state index contributed by atoms with van der Waals surface area (Å²) in [6.45, 7) is 13.1. The minimum absolute atomic E-state index is 0.0600. The fraction of sp³-hybridized carbons (Fsp3) is 0.828. The molecule has 0 amide bonds. The molecule has 34 heavy (non-hydrogen) atoms. The average molecular weight is 475 g/mol. The van der Waals surface area contributed by atoms with Crippen molar-refractivity contribution in [3.05, 3.63) is 22.8 Å². The first-order chi connectivity index (χ1) is 15.8. The highest BCUT2D eigenvalue weighted by Crippen LogP contribution is 2.74. The highest BCUT2D eigenvalue weighted by atomic mass is 16.4. The average Bonchev–Trinajstić information content (AvgIpc) is 2.99. The molecule has 0 aromatic rings. The number of carboxylic acid groups (broad SMARTS) is 1. The molecule has 4 aliphatic rings. The van der Waals surface area contributed by atoms with Crippen molar-refractivity contribution in [2.24, 2.45) is 39.9 Å². The van der Waals surface area contributed by atoms with E-state index in [-0.39, 0.29) is 40.1 Å². The van der Waals surface area contributed by atoms with Crippen molar-refractivity contribution in [3.63, 3.8) is 0 Å². The minimum atomic E-state index is -0.937. The Labute approximate surface area is 205 Å². The van der Waals surface area contributed by atoms with Gasteiger partial charge < -0.3 is 20.4 Å². The maximum absolute atomic E-state index is 12.4. The number of aliphatic hydroxyl groups excluding tert-OH is 3. The molecule has 192 valence electrons. The molecule has 4 saturated carbocycles. The lowest BCUT2D eigenvalue weighted by atomic mass is 9.36. The molecule has 0 aromatic heterocycles. The third-order valence-corrected chi connectivity index (χ3v) is 11.3. The molecule has 0 spiro atoms. The van der Waals surface area contributed by atoms with Gasteiger partial charge in [0.05, 0.1) is 18.3 Å². The van der Waals surface area contributed by atoms with E-state index in [1.165, 1.54) is 0 Å². The van der Waals surface area contributed by atoms with Crippen LogP contribution in [-0.2, 0) is 4.79 Å². The smallest absolute Gasteiger partial charge is 0.331 e. The van der Waals surface area contributed by atoms with Gasteiger partial charge in [-0.2, -0.15) is 0 Å². The Morgan fingerprint density at radius 3 is 2.32 bits per heavy atom. The summed E-state index contributed by atoms with van der Waals surface area (Å²) < 4.78 is 0. The molecule has 5 heteroatoms. The third-order valence-electron chi connectivity index (χ3n) is 11.3. The Hall–Kier alpha value is -1.17. The molecule has 5 nitrogen and oxygen atoms in total. The van der Waals surface area contributed by atoms with Gasteiger partial charge in [-0.25, -0.2) is 4.79 Å². The Balaban J connectivity index is 1.76. The molecule has 10 atom stereocenters. The van der Waals surface area contributed by atoms with Crippen LogP contribution in [0, 0.1) is 39.9 Å². The normalized spacial score (nSPS) is 49.5. The molecular formula is C29H46O5. The summed E-state index contributed by atoms with van der Waals surface area (Å²) in [6.07, 6.45) is 6.25. The van der Waals surface area contributed by atoms with E-state index in [2.05, 4.69) is 33.8 Å². The van der Waals surface area contributed by atoms with Crippen LogP contribution >= 0.6 is 0 Å². The van der Waals surface area contributed by atoms with E-state index < -0.39 is 18.2 Å². The second-order valence-corrected chi connectivity index (χ2v) is 13.1. The van der Waals surface area contributed by atoms with Crippen LogP contribution in [0.4, 0.5) is 0 Å². The van der Waals surface area contributed by atoms with Crippen LogP contribution in [0.3, 0.4) is 0 Å². The predicted molar refractivity (Wildman–Crippen MR) is 133 cm³/mol. The third kappa shape index (κ3) is 3.64. The molecule has 4 rings (SSSR count). The summed E-state index contributed by atoms with van der Waals surface area (Å²) in [5.74, 6) is -0.375. The van der Waals surface area contributed by atoms with Gasteiger partial charge in [0, 0.05) is 5.57 Å². The van der Waals surface area contributed by atoms with Crippen LogP contribution in [0.1, 0.15) is 92.9 Å². The number of hydrogen-bond donors (Lipinski definition) is 4. The number of hydrogen-bond acceptors (Lipinski definition) is 4. The van der Waals surface area contributed by atoms with Crippen LogP contribution in [0.2, 0.25) is 0 Å². The quantitative estimate of drug-likeness (QED) is 0.336. The maximum Gasteiger partial charge on any atom is 0.331 e. The van der Waals surface area contributed by atoms with E-state index in [4.69, 9.17) is 0 Å². The zero-order valence-electron chi connectivity index (χ0n) is 22.0. The topological polar surface area (TPSA) is 98.0 Å². The van der Waals surface area contributed by atoms with E-state index in [9.17, 15) is 25.2 Å².